The second-order valence-corrected chi connectivity index (χ2v) is 5.79. The summed E-state index contributed by atoms with van der Waals surface area (Å²) >= 11 is 1.07. The van der Waals surface area contributed by atoms with Crippen molar-refractivity contribution in [1.82, 2.24) is 14.6 Å². The molecular weight excluding hydrogens is 318 g/mol. The lowest BCUT2D eigenvalue weighted by molar-refractivity contribution is -0.131. The smallest absolute Gasteiger partial charge is 0.308 e. The molecule has 0 spiro atoms. The Morgan fingerprint density at radius 3 is 2.87 bits per heavy atom. The summed E-state index contributed by atoms with van der Waals surface area (Å²) in [5.74, 6) is -0.0302. The highest BCUT2D eigenvalue weighted by molar-refractivity contribution is 7.15. The molecule has 0 saturated carbocycles. The number of aromatic nitrogens is 3. The number of carbonyl (C=O) groups is 1. The van der Waals surface area contributed by atoms with Gasteiger partial charge in [0.05, 0.1) is 4.53 Å². The van der Waals surface area contributed by atoms with Crippen molar-refractivity contribution in [3.8, 4) is 5.75 Å². The SMILES string of the molecule is CC(=O)Oc1cccc(/C=c2\sc3nc(=O)c(C)nn3c2=O)c1. The number of esters is 1. The molecular formula is C15H11N3O4S. The number of benzene rings is 1. The zero-order valence-corrected chi connectivity index (χ0v) is 13.1. The molecule has 0 aliphatic rings. The summed E-state index contributed by atoms with van der Waals surface area (Å²) in [6.45, 7) is 2.82. The zero-order chi connectivity index (χ0) is 16.6. The van der Waals surface area contributed by atoms with Gasteiger partial charge in [0, 0.05) is 6.92 Å². The van der Waals surface area contributed by atoms with E-state index in [2.05, 4.69) is 10.1 Å². The number of hydrogen-bond donors (Lipinski definition) is 0. The molecule has 1 aromatic carbocycles. The van der Waals surface area contributed by atoms with Gasteiger partial charge in [-0.05, 0) is 30.7 Å². The minimum Gasteiger partial charge on any atom is -0.427 e. The van der Waals surface area contributed by atoms with Gasteiger partial charge in [-0.2, -0.15) is 14.6 Å². The summed E-state index contributed by atoms with van der Waals surface area (Å²) in [7, 11) is 0. The van der Waals surface area contributed by atoms with Gasteiger partial charge in [-0.1, -0.05) is 23.5 Å². The first kappa shape index (κ1) is 15.0. The monoisotopic (exact) mass is 329 g/mol. The second kappa shape index (κ2) is 5.73. The Morgan fingerprint density at radius 2 is 2.13 bits per heavy atom. The Balaban J connectivity index is 2.15. The first-order valence-electron chi connectivity index (χ1n) is 6.65. The average molecular weight is 329 g/mol. The van der Waals surface area contributed by atoms with Crippen molar-refractivity contribution in [2.75, 3.05) is 0 Å². The maximum absolute atomic E-state index is 12.3. The Kier molecular flexibility index (Phi) is 3.75. The van der Waals surface area contributed by atoms with E-state index in [1.807, 2.05) is 0 Å². The number of fused-ring (bicyclic) bond motifs is 1. The normalized spacial score (nSPS) is 11.8. The molecule has 8 heteroatoms. The fourth-order valence-corrected chi connectivity index (χ4v) is 2.88. The number of thiazole rings is 1. The van der Waals surface area contributed by atoms with Crippen molar-refractivity contribution < 1.29 is 9.53 Å². The number of ether oxygens (including phenoxy) is 1. The fraction of sp³-hybridized carbons (Fsp3) is 0.133. The van der Waals surface area contributed by atoms with Gasteiger partial charge in [-0.15, -0.1) is 0 Å². The molecule has 0 aliphatic carbocycles. The zero-order valence-electron chi connectivity index (χ0n) is 12.3. The van der Waals surface area contributed by atoms with Crippen LogP contribution in [0, 0.1) is 6.92 Å². The van der Waals surface area contributed by atoms with Gasteiger partial charge in [-0.25, -0.2) is 0 Å². The molecule has 3 rings (SSSR count). The third-order valence-electron chi connectivity index (χ3n) is 2.96. The molecule has 0 amide bonds. The molecule has 116 valence electrons. The number of hydrogen-bond acceptors (Lipinski definition) is 7. The number of rotatable bonds is 2. The standard InChI is InChI=1S/C15H11N3O4S/c1-8-13(20)16-15-18(17-8)14(21)12(23-15)7-10-4-3-5-11(6-10)22-9(2)19/h3-7H,1-2H3/b12-7-. The van der Waals surface area contributed by atoms with E-state index in [1.54, 1.807) is 30.3 Å². The molecule has 0 N–H and O–H groups in total. The summed E-state index contributed by atoms with van der Waals surface area (Å²) in [5, 5.41) is 3.94. The second-order valence-electron chi connectivity index (χ2n) is 4.78. The fourth-order valence-electron chi connectivity index (χ4n) is 1.97. The molecule has 3 aromatic rings. The van der Waals surface area contributed by atoms with Gasteiger partial charge in [0.2, 0.25) is 4.96 Å². The van der Waals surface area contributed by atoms with E-state index in [0.717, 1.165) is 15.9 Å². The van der Waals surface area contributed by atoms with Crippen LogP contribution in [0.4, 0.5) is 0 Å². The molecule has 2 aromatic heterocycles. The predicted octanol–water partition coefficient (Wildman–Crippen LogP) is 0.293. The lowest BCUT2D eigenvalue weighted by atomic mass is 10.2. The van der Waals surface area contributed by atoms with E-state index in [-0.39, 0.29) is 16.2 Å². The van der Waals surface area contributed by atoms with Crippen LogP contribution in [-0.4, -0.2) is 20.6 Å². The van der Waals surface area contributed by atoms with Gasteiger partial charge >= 0.3 is 5.97 Å². The van der Waals surface area contributed by atoms with Crippen LogP contribution in [-0.2, 0) is 4.79 Å². The molecule has 0 fully saturated rings. The van der Waals surface area contributed by atoms with Crippen LogP contribution in [0.15, 0.2) is 33.9 Å². The minimum absolute atomic E-state index is 0.167. The van der Waals surface area contributed by atoms with E-state index in [4.69, 9.17) is 4.74 Å². The molecule has 2 heterocycles. The molecule has 0 atom stereocenters. The maximum Gasteiger partial charge on any atom is 0.308 e. The highest BCUT2D eigenvalue weighted by Gasteiger charge is 2.08. The van der Waals surface area contributed by atoms with Gasteiger partial charge in [0.15, 0.2) is 0 Å². The van der Waals surface area contributed by atoms with Crippen LogP contribution in [0.5, 0.6) is 5.75 Å². The van der Waals surface area contributed by atoms with Crippen LogP contribution >= 0.6 is 11.3 Å². The summed E-state index contributed by atoms with van der Waals surface area (Å²) in [5.41, 5.74) is 0.0565. The van der Waals surface area contributed by atoms with Crippen LogP contribution in [0.1, 0.15) is 18.2 Å². The molecule has 0 saturated heterocycles. The largest absolute Gasteiger partial charge is 0.427 e. The minimum atomic E-state index is -0.449. The van der Waals surface area contributed by atoms with E-state index in [9.17, 15) is 14.4 Å². The lowest BCUT2D eigenvalue weighted by Crippen LogP contribution is -2.27. The Hall–Kier alpha value is -2.87. The number of nitrogens with zero attached hydrogens (tertiary/aromatic N) is 3. The first-order valence-corrected chi connectivity index (χ1v) is 7.46. The predicted molar refractivity (Wildman–Crippen MR) is 84.7 cm³/mol. The van der Waals surface area contributed by atoms with Crippen LogP contribution < -0.4 is 20.4 Å². The summed E-state index contributed by atoms with van der Waals surface area (Å²) < 4.78 is 6.51. The summed E-state index contributed by atoms with van der Waals surface area (Å²) in [6, 6.07) is 6.77. The Morgan fingerprint density at radius 1 is 1.35 bits per heavy atom. The highest BCUT2D eigenvalue weighted by atomic mass is 32.1. The van der Waals surface area contributed by atoms with Crippen LogP contribution in [0.3, 0.4) is 0 Å². The third kappa shape index (κ3) is 3.02. The summed E-state index contributed by atoms with van der Waals surface area (Å²) in [4.78, 5) is 38.9. The van der Waals surface area contributed by atoms with Crippen molar-refractivity contribution in [3.05, 3.63) is 60.8 Å². The average Bonchev–Trinajstić information content (AvgIpc) is 2.76. The van der Waals surface area contributed by atoms with E-state index < -0.39 is 11.5 Å². The lowest BCUT2D eigenvalue weighted by Gasteiger charge is -2.01. The van der Waals surface area contributed by atoms with Crippen molar-refractivity contribution in [2.45, 2.75) is 13.8 Å². The number of carbonyl (C=O) groups excluding carboxylic acids is 1. The van der Waals surface area contributed by atoms with Gasteiger partial charge in [-0.3, -0.25) is 14.4 Å². The number of aryl methyl sites for hydroxylation is 1. The topological polar surface area (TPSA) is 90.6 Å². The summed E-state index contributed by atoms with van der Waals surface area (Å²) in [6.07, 6.45) is 1.64. The van der Waals surface area contributed by atoms with E-state index in [0.29, 0.717) is 15.8 Å². The quantitative estimate of drug-likeness (QED) is 0.496. The van der Waals surface area contributed by atoms with Crippen molar-refractivity contribution in [3.63, 3.8) is 0 Å². The molecule has 23 heavy (non-hydrogen) atoms. The van der Waals surface area contributed by atoms with Crippen molar-refractivity contribution in [1.29, 1.82) is 0 Å². The van der Waals surface area contributed by atoms with Crippen molar-refractivity contribution in [2.24, 2.45) is 0 Å². The van der Waals surface area contributed by atoms with Crippen LogP contribution in [0.2, 0.25) is 0 Å². The molecule has 0 aliphatic heterocycles. The molecule has 0 bridgehead atoms. The molecule has 0 unspecified atom stereocenters. The van der Waals surface area contributed by atoms with Crippen molar-refractivity contribution >= 4 is 28.3 Å². The van der Waals surface area contributed by atoms with E-state index in [1.165, 1.54) is 13.8 Å². The van der Waals surface area contributed by atoms with E-state index >= 15 is 0 Å². The molecule has 0 radical (unpaired) electrons. The van der Waals surface area contributed by atoms with Crippen LogP contribution in [0.25, 0.3) is 11.0 Å². The first-order chi connectivity index (χ1) is 10.9. The maximum atomic E-state index is 12.3. The third-order valence-corrected chi connectivity index (χ3v) is 3.92. The highest BCUT2D eigenvalue weighted by Crippen LogP contribution is 2.14. The van der Waals surface area contributed by atoms with Gasteiger partial charge in [0.1, 0.15) is 11.4 Å². The Labute approximate surface area is 133 Å². The Bertz CT molecular complexity index is 1080. The van der Waals surface area contributed by atoms with Gasteiger partial charge in [0.25, 0.3) is 11.1 Å². The van der Waals surface area contributed by atoms with Gasteiger partial charge < -0.3 is 4.74 Å². The molecule has 7 nitrogen and oxygen atoms in total.